The number of carbonyl (C=O) groups excluding carboxylic acids is 2. The maximum absolute atomic E-state index is 14.2. The summed E-state index contributed by atoms with van der Waals surface area (Å²) >= 11 is 0. The molecule has 3 aliphatic carbocycles. The van der Waals surface area contributed by atoms with Crippen LogP contribution in [0, 0.1) is 34.0 Å². The number of rotatable bonds is 4. The van der Waals surface area contributed by atoms with Gasteiger partial charge in [-0.3, -0.25) is 9.59 Å². The van der Waals surface area contributed by atoms with Gasteiger partial charge in [0.05, 0.1) is 17.3 Å². The molecule has 0 aromatic rings. The molecule has 10 unspecified atom stereocenters. The summed E-state index contributed by atoms with van der Waals surface area (Å²) in [6.07, 6.45) is 14.0. The highest BCUT2D eigenvalue weighted by atomic mass is 32.3. The van der Waals surface area contributed by atoms with E-state index >= 15 is 0 Å². The van der Waals surface area contributed by atoms with Gasteiger partial charge in [-0.1, -0.05) is 34.1 Å². The second-order valence-electron chi connectivity index (χ2n) is 13.7. The second-order valence-corrected chi connectivity index (χ2v) is 17.5. The summed E-state index contributed by atoms with van der Waals surface area (Å²) in [5.74, 6) is 1.39. The molecule has 2 aliphatic heterocycles. The molecule has 4 fully saturated rings. The van der Waals surface area contributed by atoms with E-state index in [-0.39, 0.29) is 51.4 Å². The average Bonchev–Trinajstić information content (AvgIpc) is 3.16. The summed E-state index contributed by atoms with van der Waals surface area (Å²) in [7, 11) is -1.65. The van der Waals surface area contributed by atoms with Crippen molar-refractivity contribution in [3.63, 3.8) is 0 Å². The third-order valence-electron chi connectivity index (χ3n) is 11.3. The summed E-state index contributed by atoms with van der Waals surface area (Å²) in [5, 5.41) is 13.2. The van der Waals surface area contributed by atoms with Crippen molar-refractivity contribution < 1.29 is 9.59 Å². The molecule has 1 spiro atoms. The summed E-state index contributed by atoms with van der Waals surface area (Å²) in [5.41, 5.74) is 0.330. The molecule has 1 amide bonds. The van der Waals surface area contributed by atoms with Gasteiger partial charge in [0.1, 0.15) is 0 Å². The van der Waals surface area contributed by atoms with Crippen LogP contribution in [0.5, 0.6) is 0 Å². The Bertz CT molecular complexity index is 904. The Morgan fingerprint density at radius 1 is 1.15 bits per heavy atom. The van der Waals surface area contributed by atoms with Gasteiger partial charge in [0.25, 0.3) is 0 Å². The third kappa shape index (κ3) is 3.39. The zero-order valence-electron chi connectivity index (χ0n) is 22.5. The Hall–Kier alpha value is -0.910. The highest BCUT2D eigenvalue weighted by molar-refractivity contribution is 8.45. The lowest BCUT2D eigenvalue weighted by atomic mass is 9.57. The first-order valence-corrected chi connectivity index (χ1v) is 16.4. The van der Waals surface area contributed by atoms with Crippen molar-refractivity contribution in [1.82, 2.24) is 5.32 Å². The molecule has 3 saturated carbocycles. The molecule has 34 heavy (non-hydrogen) atoms. The van der Waals surface area contributed by atoms with Crippen molar-refractivity contribution in [3.8, 4) is 0 Å². The van der Waals surface area contributed by atoms with Crippen LogP contribution in [0.2, 0.25) is 0 Å². The van der Waals surface area contributed by atoms with Crippen LogP contribution in [0.15, 0.2) is 10.2 Å². The van der Waals surface area contributed by atoms with E-state index in [4.69, 9.17) is 5.11 Å². The number of hydrogen-bond acceptors (Lipinski definition) is 4. The van der Waals surface area contributed by atoms with E-state index in [0.29, 0.717) is 17.0 Å². The van der Waals surface area contributed by atoms with Gasteiger partial charge in [-0.15, -0.1) is 0 Å². The van der Waals surface area contributed by atoms with Gasteiger partial charge in [0.15, 0.2) is 5.12 Å². The molecule has 5 aliphatic rings. The lowest BCUT2D eigenvalue weighted by Gasteiger charge is -2.54. The van der Waals surface area contributed by atoms with Gasteiger partial charge in [0.2, 0.25) is 5.91 Å². The fraction of sp³-hybridized carbons (Fsp3) is 0.929. The van der Waals surface area contributed by atoms with E-state index in [2.05, 4.69) is 57.6 Å². The molecule has 0 radical (unpaired) electrons. The van der Waals surface area contributed by atoms with Crippen LogP contribution in [0.25, 0.3) is 0 Å². The van der Waals surface area contributed by atoms with Crippen LogP contribution in [0.1, 0.15) is 92.4 Å². The number of carbonyl (C=O) groups is 2. The molecule has 0 bridgehead atoms. The third-order valence-corrected chi connectivity index (χ3v) is 14.4. The normalized spacial score (nSPS) is 52.4. The van der Waals surface area contributed by atoms with Gasteiger partial charge >= 0.3 is 0 Å². The molecule has 5 rings (SSSR count). The van der Waals surface area contributed by atoms with Crippen LogP contribution in [-0.2, 0) is 9.59 Å². The highest BCUT2D eigenvalue weighted by Crippen LogP contribution is 2.80. The van der Waals surface area contributed by atoms with Crippen molar-refractivity contribution in [3.05, 3.63) is 0 Å². The Morgan fingerprint density at radius 3 is 2.53 bits per heavy atom. The SMILES string of the molecule is CCC1(C2CC(C)N=N2)CC(C)CC(C)C1NC(=O)C1CC23CC2(C)CCCC3C(=O)S1(C)C. The van der Waals surface area contributed by atoms with Crippen molar-refractivity contribution >= 4 is 21.1 Å². The molecule has 5 nitrogen and oxygen atoms in total. The lowest BCUT2D eigenvalue weighted by molar-refractivity contribution is -0.127. The average molecular weight is 490 g/mol. The lowest BCUT2D eigenvalue weighted by Crippen LogP contribution is -2.61. The summed E-state index contributed by atoms with van der Waals surface area (Å²) < 4.78 is 0. The summed E-state index contributed by atoms with van der Waals surface area (Å²) in [4.78, 5) is 28.0. The van der Waals surface area contributed by atoms with Crippen LogP contribution in [0.3, 0.4) is 0 Å². The van der Waals surface area contributed by atoms with Crippen LogP contribution in [-0.4, -0.2) is 46.9 Å². The maximum atomic E-state index is 14.2. The number of nitrogens with one attached hydrogen (secondary N) is 1. The quantitative estimate of drug-likeness (QED) is 0.518. The Morgan fingerprint density at radius 2 is 1.88 bits per heavy atom. The predicted molar refractivity (Wildman–Crippen MR) is 140 cm³/mol. The topological polar surface area (TPSA) is 70.9 Å². The Kier molecular flexibility index (Phi) is 5.86. The van der Waals surface area contributed by atoms with Crippen LogP contribution >= 0.6 is 10.0 Å². The van der Waals surface area contributed by atoms with E-state index in [1.165, 1.54) is 12.8 Å². The molecule has 192 valence electrons. The van der Waals surface area contributed by atoms with Gasteiger partial charge in [-0.2, -0.15) is 20.3 Å². The number of nitrogens with zero attached hydrogens (tertiary/aromatic N) is 2. The first kappa shape index (κ1) is 24.8. The second kappa shape index (κ2) is 8.05. The first-order chi connectivity index (χ1) is 15.9. The molecule has 2 heterocycles. The minimum atomic E-state index is -1.65. The van der Waals surface area contributed by atoms with Crippen molar-refractivity contribution in [2.45, 2.75) is 116 Å². The van der Waals surface area contributed by atoms with Crippen LogP contribution in [0.4, 0.5) is 0 Å². The van der Waals surface area contributed by atoms with Crippen LogP contribution < -0.4 is 5.32 Å². The number of azo groups is 1. The molecular formula is C28H47N3O2S. The van der Waals surface area contributed by atoms with Crippen molar-refractivity contribution in [1.29, 1.82) is 0 Å². The summed E-state index contributed by atoms with van der Waals surface area (Å²) in [6.45, 7) is 11.5. The largest absolute Gasteiger partial charge is 0.352 e. The van der Waals surface area contributed by atoms with Gasteiger partial charge in [-0.05, 0) is 93.5 Å². The fourth-order valence-electron chi connectivity index (χ4n) is 9.35. The number of amides is 1. The van der Waals surface area contributed by atoms with E-state index in [9.17, 15) is 9.59 Å². The standard InChI is InChI=1S/C28H47N3O2S/c1-8-27(22-13-19(4)30-31-22)14-17(2)12-18(3)23(27)29-24(32)21-15-28-16-26(28,5)11-9-10-20(28)25(33)34(21,6)7/h17-23H,8-16H2,1-7H3,(H,29,32). The molecule has 6 heteroatoms. The monoisotopic (exact) mass is 489 g/mol. The zero-order valence-corrected chi connectivity index (χ0v) is 23.3. The van der Waals surface area contributed by atoms with Gasteiger partial charge < -0.3 is 5.32 Å². The minimum Gasteiger partial charge on any atom is -0.352 e. The molecule has 1 saturated heterocycles. The van der Waals surface area contributed by atoms with E-state index in [0.717, 1.165) is 44.9 Å². The zero-order chi connectivity index (χ0) is 24.7. The molecule has 10 atom stereocenters. The van der Waals surface area contributed by atoms with Crippen molar-refractivity contribution in [2.24, 2.45) is 44.2 Å². The van der Waals surface area contributed by atoms with Gasteiger partial charge in [0, 0.05) is 17.4 Å². The molecular weight excluding hydrogens is 442 g/mol. The summed E-state index contributed by atoms with van der Waals surface area (Å²) in [6, 6.07) is 0.559. The predicted octanol–water partition coefficient (Wildman–Crippen LogP) is 6.11. The van der Waals surface area contributed by atoms with E-state index in [1.54, 1.807) is 0 Å². The minimum absolute atomic E-state index is 0.0427. The molecule has 0 aromatic heterocycles. The first-order valence-electron chi connectivity index (χ1n) is 13.9. The van der Waals surface area contributed by atoms with Crippen molar-refractivity contribution in [2.75, 3.05) is 12.5 Å². The maximum Gasteiger partial charge on any atom is 0.232 e. The highest BCUT2D eigenvalue weighted by Gasteiger charge is 2.74. The van der Waals surface area contributed by atoms with Gasteiger partial charge in [-0.25, -0.2) is 0 Å². The number of hydrogen-bond donors (Lipinski definition) is 1. The smallest absolute Gasteiger partial charge is 0.232 e. The fourth-order valence-corrected chi connectivity index (χ4v) is 12.0. The van der Waals surface area contributed by atoms with E-state index < -0.39 is 10.0 Å². The van der Waals surface area contributed by atoms with E-state index in [1.807, 2.05) is 0 Å². The Balaban J connectivity index is 1.44. The Labute approximate surface area is 208 Å². The molecule has 1 N–H and O–H groups in total. The molecule has 0 aromatic carbocycles.